The van der Waals surface area contributed by atoms with Gasteiger partial charge in [-0.3, -0.25) is 4.79 Å². The molecule has 0 bridgehead atoms. The number of para-hydroxylation sites is 1. The molecule has 1 N–H and O–H groups in total. The summed E-state index contributed by atoms with van der Waals surface area (Å²) in [5.41, 5.74) is 3.03. The summed E-state index contributed by atoms with van der Waals surface area (Å²) in [6.45, 7) is 4.01. The fraction of sp³-hybridized carbons (Fsp3) is 0.211. The molecule has 0 unspecified atom stereocenters. The van der Waals surface area contributed by atoms with Gasteiger partial charge in [0, 0.05) is 11.1 Å². The fourth-order valence-corrected chi connectivity index (χ4v) is 2.64. The minimum Gasteiger partial charge on any atom is -0.466 e. The molecule has 128 valence electrons. The van der Waals surface area contributed by atoms with Crippen molar-refractivity contribution < 1.29 is 14.3 Å². The maximum atomic E-state index is 12.5. The van der Waals surface area contributed by atoms with Crippen LogP contribution in [0.15, 0.2) is 48.5 Å². The number of carbonyl (C=O) groups excluding carboxylic acids is 2. The van der Waals surface area contributed by atoms with E-state index in [1.165, 1.54) is 4.68 Å². The molecule has 6 nitrogen and oxygen atoms in total. The molecule has 25 heavy (non-hydrogen) atoms. The maximum Gasteiger partial charge on any atom is 0.347 e. The fourth-order valence-electron chi connectivity index (χ4n) is 2.64. The van der Waals surface area contributed by atoms with Crippen LogP contribution in [0.3, 0.4) is 0 Å². The molecular formula is C19H19N3O3. The van der Waals surface area contributed by atoms with E-state index in [1.54, 1.807) is 31.2 Å². The van der Waals surface area contributed by atoms with Crippen molar-refractivity contribution in [3.8, 4) is 0 Å². The third kappa shape index (κ3) is 3.68. The van der Waals surface area contributed by atoms with Gasteiger partial charge in [0.1, 0.15) is 0 Å². The van der Waals surface area contributed by atoms with Crippen LogP contribution < -0.4 is 5.32 Å². The third-order valence-electron chi connectivity index (χ3n) is 3.82. The number of fused-ring (bicyclic) bond motifs is 1. The quantitative estimate of drug-likeness (QED) is 0.739. The number of ether oxygens (including phenoxy) is 1. The van der Waals surface area contributed by atoms with Crippen LogP contribution in [0.4, 0.5) is 10.5 Å². The van der Waals surface area contributed by atoms with Crippen LogP contribution in [0, 0.1) is 6.92 Å². The second-order valence-electron chi connectivity index (χ2n) is 5.62. The van der Waals surface area contributed by atoms with Crippen molar-refractivity contribution in [3.05, 3.63) is 59.8 Å². The summed E-state index contributed by atoms with van der Waals surface area (Å²) in [6.07, 6.45) is 0.213. The number of nitrogens with zero attached hydrogens (tertiary/aromatic N) is 2. The number of rotatable bonds is 4. The van der Waals surface area contributed by atoms with E-state index in [4.69, 9.17) is 4.74 Å². The highest BCUT2D eigenvalue weighted by Crippen LogP contribution is 2.18. The number of nitrogens with one attached hydrogen (secondary N) is 1. The molecule has 1 heterocycles. The number of hydrogen-bond acceptors (Lipinski definition) is 4. The molecule has 0 saturated carbocycles. The summed E-state index contributed by atoms with van der Waals surface area (Å²) in [4.78, 5) is 24.0. The standard InChI is InChI=1S/C19H19N3O3/c1-3-25-18(23)12-14-8-10-15(11-9-14)20-19(24)22-17-7-5-4-6-16(17)13(2)21-22/h4-11H,3,12H2,1-2H3,(H,20,24). The number of aromatic nitrogens is 2. The lowest BCUT2D eigenvalue weighted by atomic mass is 10.1. The Labute approximate surface area is 145 Å². The number of amides is 1. The van der Waals surface area contributed by atoms with Gasteiger partial charge in [-0.25, -0.2) is 4.79 Å². The molecule has 0 aliphatic rings. The Morgan fingerprint density at radius 2 is 1.84 bits per heavy atom. The van der Waals surface area contributed by atoms with E-state index in [0.29, 0.717) is 12.3 Å². The average Bonchev–Trinajstić information content (AvgIpc) is 2.94. The summed E-state index contributed by atoms with van der Waals surface area (Å²) in [6, 6.07) is 14.3. The van der Waals surface area contributed by atoms with E-state index in [1.807, 2.05) is 31.2 Å². The van der Waals surface area contributed by atoms with Crippen LogP contribution in [0.2, 0.25) is 0 Å². The molecule has 1 aromatic heterocycles. The third-order valence-corrected chi connectivity index (χ3v) is 3.82. The van der Waals surface area contributed by atoms with Crippen LogP contribution in [0.25, 0.3) is 10.9 Å². The van der Waals surface area contributed by atoms with Gasteiger partial charge in [-0.15, -0.1) is 0 Å². The summed E-state index contributed by atoms with van der Waals surface area (Å²) in [5.74, 6) is -0.266. The molecule has 1 amide bonds. The zero-order chi connectivity index (χ0) is 17.8. The van der Waals surface area contributed by atoms with E-state index >= 15 is 0 Å². The van der Waals surface area contributed by atoms with Gasteiger partial charge < -0.3 is 10.1 Å². The van der Waals surface area contributed by atoms with Crippen LogP contribution >= 0.6 is 0 Å². The molecule has 0 fully saturated rings. The second kappa shape index (κ2) is 7.17. The lowest BCUT2D eigenvalue weighted by Gasteiger charge is -2.07. The van der Waals surface area contributed by atoms with E-state index < -0.39 is 0 Å². The molecule has 3 aromatic rings. The van der Waals surface area contributed by atoms with Crippen molar-refractivity contribution in [2.24, 2.45) is 0 Å². The zero-order valence-electron chi connectivity index (χ0n) is 14.2. The Kier molecular flexibility index (Phi) is 4.79. The first-order valence-corrected chi connectivity index (χ1v) is 8.08. The Morgan fingerprint density at radius 3 is 2.56 bits per heavy atom. The van der Waals surface area contributed by atoms with Gasteiger partial charge in [0.25, 0.3) is 0 Å². The van der Waals surface area contributed by atoms with Gasteiger partial charge in [0.15, 0.2) is 0 Å². The summed E-state index contributed by atoms with van der Waals surface area (Å²) in [5, 5.41) is 8.07. The molecule has 0 radical (unpaired) electrons. The van der Waals surface area contributed by atoms with Gasteiger partial charge in [-0.2, -0.15) is 9.78 Å². The number of hydrogen-bond donors (Lipinski definition) is 1. The van der Waals surface area contributed by atoms with Crippen LogP contribution in [0.5, 0.6) is 0 Å². The predicted molar refractivity (Wildman–Crippen MR) is 95.7 cm³/mol. The molecule has 2 aromatic carbocycles. The molecular weight excluding hydrogens is 318 g/mol. The highest BCUT2D eigenvalue weighted by atomic mass is 16.5. The number of aryl methyl sites for hydroxylation is 1. The minimum absolute atomic E-state index is 0.213. The van der Waals surface area contributed by atoms with Gasteiger partial charge in [-0.1, -0.05) is 30.3 Å². The van der Waals surface area contributed by atoms with Crippen molar-refractivity contribution >= 4 is 28.6 Å². The Morgan fingerprint density at radius 1 is 1.12 bits per heavy atom. The van der Waals surface area contributed by atoms with Gasteiger partial charge in [-0.05, 0) is 37.6 Å². The highest BCUT2D eigenvalue weighted by molar-refractivity contribution is 5.98. The number of benzene rings is 2. The zero-order valence-corrected chi connectivity index (χ0v) is 14.2. The van der Waals surface area contributed by atoms with Crippen molar-refractivity contribution in [2.75, 3.05) is 11.9 Å². The first kappa shape index (κ1) is 16.7. The first-order valence-electron chi connectivity index (χ1n) is 8.08. The van der Waals surface area contributed by atoms with Crippen molar-refractivity contribution in [1.82, 2.24) is 9.78 Å². The predicted octanol–water partition coefficient (Wildman–Crippen LogP) is 3.53. The number of esters is 1. The van der Waals surface area contributed by atoms with Crippen LogP contribution in [-0.4, -0.2) is 28.4 Å². The molecule has 0 aliphatic heterocycles. The van der Waals surface area contributed by atoms with Crippen molar-refractivity contribution in [1.29, 1.82) is 0 Å². The van der Waals surface area contributed by atoms with Gasteiger partial charge in [0.05, 0.1) is 24.2 Å². The van der Waals surface area contributed by atoms with Crippen LogP contribution in [-0.2, 0) is 16.0 Å². The second-order valence-corrected chi connectivity index (χ2v) is 5.62. The SMILES string of the molecule is CCOC(=O)Cc1ccc(NC(=O)n2nc(C)c3ccccc32)cc1. The largest absolute Gasteiger partial charge is 0.466 e. The summed E-state index contributed by atoms with van der Waals surface area (Å²) < 4.78 is 6.28. The first-order chi connectivity index (χ1) is 12.1. The molecule has 0 aliphatic carbocycles. The smallest absolute Gasteiger partial charge is 0.347 e. The molecule has 0 spiro atoms. The molecule has 0 saturated heterocycles. The maximum absolute atomic E-state index is 12.5. The van der Waals surface area contributed by atoms with Crippen LogP contribution in [0.1, 0.15) is 18.2 Å². The van der Waals surface area contributed by atoms with Crippen molar-refractivity contribution in [2.45, 2.75) is 20.3 Å². The van der Waals surface area contributed by atoms with Gasteiger partial charge in [0.2, 0.25) is 0 Å². The number of carbonyl (C=O) groups is 2. The highest BCUT2D eigenvalue weighted by Gasteiger charge is 2.13. The summed E-state index contributed by atoms with van der Waals surface area (Å²) >= 11 is 0. The Hall–Kier alpha value is -3.15. The van der Waals surface area contributed by atoms with E-state index in [2.05, 4.69) is 10.4 Å². The lowest BCUT2D eigenvalue weighted by Crippen LogP contribution is -2.20. The van der Waals surface area contributed by atoms with Gasteiger partial charge >= 0.3 is 12.0 Å². The normalized spacial score (nSPS) is 10.6. The van der Waals surface area contributed by atoms with E-state index in [9.17, 15) is 9.59 Å². The minimum atomic E-state index is -0.331. The van der Waals surface area contributed by atoms with Crippen molar-refractivity contribution in [3.63, 3.8) is 0 Å². The Balaban J connectivity index is 1.73. The molecule has 0 atom stereocenters. The molecule has 6 heteroatoms. The summed E-state index contributed by atoms with van der Waals surface area (Å²) in [7, 11) is 0. The monoisotopic (exact) mass is 337 g/mol. The molecule has 3 rings (SSSR count). The van der Waals surface area contributed by atoms with E-state index in [-0.39, 0.29) is 18.4 Å². The van der Waals surface area contributed by atoms with E-state index in [0.717, 1.165) is 22.2 Å². The number of anilines is 1. The lowest BCUT2D eigenvalue weighted by molar-refractivity contribution is -0.142. The average molecular weight is 337 g/mol. The topological polar surface area (TPSA) is 73.2 Å². The Bertz CT molecular complexity index is 913.